The molecule has 1 amide bonds. The van der Waals surface area contributed by atoms with Gasteiger partial charge in [0.25, 0.3) is 0 Å². The van der Waals surface area contributed by atoms with Crippen LogP contribution in [0.4, 0.5) is 11.5 Å². The number of rotatable bonds is 2. The third kappa shape index (κ3) is 3.77. The van der Waals surface area contributed by atoms with Crippen molar-refractivity contribution in [3.63, 3.8) is 0 Å². The number of carbonyl (C=O) groups excluding carboxylic acids is 1. The van der Waals surface area contributed by atoms with Gasteiger partial charge < -0.3 is 19.4 Å². The van der Waals surface area contributed by atoms with E-state index in [2.05, 4.69) is 26.1 Å². The van der Waals surface area contributed by atoms with Gasteiger partial charge in [-0.1, -0.05) is 20.8 Å². The van der Waals surface area contributed by atoms with E-state index in [9.17, 15) is 4.79 Å². The molecule has 3 rings (SSSR count). The fourth-order valence-electron chi connectivity index (χ4n) is 3.11. The number of aromatic nitrogens is 2. The summed E-state index contributed by atoms with van der Waals surface area (Å²) in [6, 6.07) is 2.10. The lowest BCUT2D eigenvalue weighted by molar-refractivity contribution is -0.139. The molecule has 24 heavy (non-hydrogen) atoms. The molecular weight excluding hydrogens is 306 g/mol. The molecule has 1 aromatic rings. The molecule has 0 spiro atoms. The summed E-state index contributed by atoms with van der Waals surface area (Å²) in [5.74, 6) is 1.11. The van der Waals surface area contributed by atoms with Gasteiger partial charge in [-0.25, -0.2) is 0 Å². The molecule has 2 aliphatic rings. The van der Waals surface area contributed by atoms with E-state index in [1.54, 1.807) is 0 Å². The number of morpholine rings is 1. The molecule has 0 radical (unpaired) electrons. The van der Waals surface area contributed by atoms with Gasteiger partial charge in [0, 0.05) is 50.7 Å². The molecule has 3 heterocycles. The van der Waals surface area contributed by atoms with E-state index in [0.29, 0.717) is 0 Å². The van der Waals surface area contributed by atoms with E-state index in [0.717, 1.165) is 64.0 Å². The minimum atomic E-state index is -0.321. The van der Waals surface area contributed by atoms with E-state index in [1.807, 2.05) is 31.9 Å². The number of anilines is 2. The molecule has 0 unspecified atom stereocenters. The molecule has 0 atom stereocenters. The quantitative estimate of drug-likeness (QED) is 0.805. The predicted molar refractivity (Wildman–Crippen MR) is 93.3 cm³/mol. The van der Waals surface area contributed by atoms with Crippen molar-refractivity contribution in [3.8, 4) is 0 Å². The van der Waals surface area contributed by atoms with Crippen LogP contribution in [0.15, 0.2) is 12.3 Å². The molecule has 2 aliphatic heterocycles. The van der Waals surface area contributed by atoms with Crippen molar-refractivity contribution < 1.29 is 9.53 Å². The third-order valence-electron chi connectivity index (χ3n) is 4.54. The van der Waals surface area contributed by atoms with E-state index in [1.165, 1.54) is 0 Å². The van der Waals surface area contributed by atoms with E-state index < -0.39 is 0 Å². The smallest absolute Gasteiger partial charge is 0.228 e. The minimum absolute atomic E-state index is 0.218. The first kappa shape index (κ1) is 17.0. The molecule has 0 N–H and O–H groups in total. The van der Waals surface area contributed by atoms with Crippen molar-refractivity contribution in [2.75, 3.05) is 62.3 Å². The van der Waals surface area contributed by atoms with Crippen LogP contribution in [0, 0.1) is 5.41 Å². The first-order chi connectivity index (χ1) is 11.4. The van der Waals surface area contributed by atoms with Crippen molar-refractivity contribution in [2.45, 2.75) is 20.8 Å². The number of carbonyl (C=O) groups is 1. The number of amides is 1. The predicted octanol–water partition coefficient (Wildman–Crippen LogP) is 1.01. The maximum absolute atomic E-state index is 12.4. The molecule has 2 fully saturated rings. The summed E-state index contributed by atoms with van der Waals surface area (Å²) in [6.45, 7) is 12.3. The van der Waals surface area contributed by atoms with E-state index in [4.69, 9.17) is 4.74 Å². The van der Waals surface area contributed by atoms with Gasteiger partial charge in [0.05, 0.1) is 25.1 Å². The number of hydrogen-bond donors (Lipinski definition) is 0. The second-order valence-electron chi connectivity index (χ2n) is 7.40. The Morgan fingerprint density at radius 1 is 1.04 bits per heavy atom. The molecule has 0 saturated carbocycles. The molecule has 1 aromatic heterocycles. The van der Waals surface area contributed by atoms with Crippen molar-refractivity contribution in [2.24, 2.45) is 5.41 Å². The molecule has 0 aliphatic carbocycles. The zero-order chi connectivity index (χ0) is 17.2. The summed E-state index contributed by atoms with van der Waals surface area (Å²) in [7, 11) is 0. The molecule has 132 valence electrons. The fraction of sp³-hybridized carbons (Fsp3) is 0.706. The number of hydrogen-bond acceptors (Lipinski definition) is 6. The topological polar surface area (TPSA) is 61.8 Å². The van der Waals surface area contributed by atoms with Crippen molar-refractivity contribution in [1.29, 1.82) is 0 Å². The third-order valence-corrected chi connectivity index (χ3v) is 4.54. The van der Waals surface area contributed by atoms with Gasteiger partial charge in [-0.05, 0) is 0 Å². The van der Waals surface area contributed by atoms with Crippen LogP contribution in [-0.2, 0) is 9.53 Å². The van der Waals surface area contributed by atoms with Gasteiger partial charge in [0.2, 0.25) is 5.91 Å². The highest BCUT2D eigenvalue weighted by molar-refractivity contribution is 5.81. The lowest BCUT2D eigenvalue weighted by Gasteiger charge is -2.38. The normalized spacial score (nSPS) is 19.5. The lowest BCUT2D eigenvalue weighted by Crippen LogP contribution is -2.52. The van der Waals surface area contributed by atoms with Crippen LogP contribution in [0.1, 0.15) is 20.8 Å². The van der Waals surface area contributed by atoms with Crippen LogP contribution >= 0.6 is 0 Å². The largest absolute Gasteiger partial charge is 0.378 e. The molecular formula is C17H27N5O2. The molecule has 0 aromatic carbocycles. The van der Waals surface area contributed by atoms with Crippen LogP contribution in [0.3, 0.4) is 0 Å². The van der Waals surface area contributed by atoms with Gasteiger partial charge in [0.15, 0.2) is 5.82 Å². The second kappa shape index (κ2) is 6.93. The summed E-state index contributed by atoms with van der Waals surface area (Å²) < 4.78 is 5.40. The Kier molecular flexibility index (Phi) is 4.89. The molecule has 7 heteroatoms. The van der Waals surface area contributed by atoms with E-state index in [-0.39, 0.29) is 11.3 Å². The average molecular weight is 333 g/mol. The van der Waals surface area contributed by atoms with Crippen molar-refractivity contribution >= 4 is 17.4 Å². The lowest BCUT2D eigenvalue weighted by atomic mass is 9.94. The standard InChI is InChI=1S/C17H27N5O2/c1-17(2,3)16(23)22-6-4-21(5-7-22)15-12-14(13-18-19-15)20-8-10-24-11-9-20/h12-13H,4-11H2,1-3H3. The SMILES string of the molecule is CC(C)(C)C(=O)N1CCN(c2cc(N3CCOCC3)cnn2)CC1. The zero-order valence-electron chi connectivity index (χ0n) is 14.9. The van der Waals surface area contributed by atoms with Crippen LogP contribution in [-0.4, -0.2) is 73.5 Å². The maximum atomic E-state index is 12.4. The molecule has 0 bridgehead atoms. The summed E-state index contributed by atoms with van der Waals surface area (Å²) in [4.78, 5) is 18.8. The van der Waals surface area contributed by atoms with Crippen LogP contribution in [0.25, 0.3) is 0 Å². The maximum Gasteiger partial charge on any atom is 0.228 e. The minimum Gasteiger partial charge on any atom is -0.378 e. The number of piperazine rings is 1. The fourth-order valence-corrected chi connectivity index (χ4v) is 3.11. The van der Waals surface area contributed by atoms with Crippen LogP contribution < -0.4 is 9.80 Å². The Hall–Kier alpha value is -1.89. The summed E-state index contributed by atoms with van der Waals surface area (Å²) in [5, 5.41) is 8.46. The molecule has 7 nitrogen and oxygen atoms in total. The Morgan fingerprint density at radius 3 is 2.33 bits per heavy atom. The van der Waals surface area contributed by atoms with Gasteiger partial charge in [-0.15, -0.1) is 5.10 Å². The first-order valence-electron chi connectivity index (χ1n) is 8.65. The van der Waals surface area contributed by atoms with E-state index >= 15 is 0 Å². The Balaban J connectivity index is 1.63. The van der Waals surface area contributed by atoms with Crippen molar-refractivity contribution in [3.05, 3.63) is 12.3 Å². The number of nitrogens with zero attached hydrogens (tertiary/aromatic N) is 5. The highest BCUT2D eigenvalue weighted by Crippen LogP contribution is 2.23. The monoisotopic (exact) mass is 333 g/mol. The Morgan fingerprint density at radius 2 is 1.71 bits per heavy atom. The van der Waals surface area contributed by atoms with Crippen LogP contribution in [0.5, 0.6) is 0 Å². The zero-order valence-corrected chi connectivity index (χ0v) is 14.9. The molecule has 2 saturated heterocycles. The van der Waals surface area contributed by atoms with Gasteiger partial charge >= 0.3 is 0 Å². The van der Waals surface area contributed by atoms with Gasteiger partial charge in [-0.2, -0.15) is 5.10 Å². The highest BCUT2D eigenvalue weighted by atomic mass is 16.5. The summed E-state index contributed by atoms with van der Waals surface area (Å²) >= 11 is 0. The summed E-state index contributed by atoms with van der Waals surface area (Å²) in [5.41, 5.74) is 0.773. The summed E-state index contributed by atoms with van der Waals surface area (Å²) in [6.07, 6.45) is 1.81. The van der Waals surface area contributed by atoms with Gasteiger partial charge in [-0.3, -0.25) is 4.79 Å². The average Bonchev–Trinajstić information content (AvgIpc) is 2.61. The van der Waals surface area contributed by atoms with Crippen LogP contribution in [0.2, 0.25) is 0 Å². The first-order valence-corrected chi connectivity index (χ1v) is 8.65. The highest BCUT2D eigenvalue weighted by Gasteiger charge is 2.30. The Bertz CT molecular complexity index is 573. The number of ether oxygens (including phenoxy) is 1. The van der Waals surface area contributed by atoms with Gasteiger partial charge in [0.1, 0.15) is 0 Å². The van der Waals surface area contributed by atoms with Crippen molar-refractivity contribution in [1.82, 2.24) is 15.1 Å². The second-order valence-corrected chi connectivity index (χ2v) is 7.40. The Labute approximate surface area is 143 Å².